The number of sulfonamides is 1. The normalized spacial score (nSPS) is 11.4. The highest BCUT2D eigenvalue weighted by Crippen LogP contribution is 2.13. The highest BCUT2D eigenvalue weighted by atomic mass is 32.2. The molecule has 0 bridgehead atoms. The zero-order chi connectivity index (χ0) is 13.9. The number of fused-ring (bicyclic) bond motifs is 1. The van der Waals surface area contributed by atoms with E-state index in [-0.39, 0.29) is 18.2 Å². The smallest absolute Gasteiger partial charge is 0.251 e. The van der Waals surface area contributed by atoms with Crippen molar-refractivity contribution in [3.8, 4) is 0 Å². The topological polar surface area (TPSA) is 102 Å². The summed E-state index contributed by atoms with van der Waals surface area (Å²) in [6.07, 6.45) is 1.67. The molecule has 0 atom stereocenters. The zero-order valence-corrected chi connectivity index (χ0v) is 10.9. The fraction of sp³-hybridized carbons (Fsp3) is 0.167. The molecule has 0 aliphatic heterocycles. The summed E-state index contributed by atoms with van der Waals surface area (Å²) in [5.41, 5.74) is 1.25. The Hall–Kier alpha value is -1.99. The van der Waals surface area contributed by atoms with Gasteiger partial charge in [0.15, 0.2) is 0 Å². The Morgan fingerprint density at radius 2 is 2.11 bits per heavy atom. The number of hydrogen-bond donors (Lipinski definition) is 2. The fourth-order valence-corrected chi connectivity index (χ4v) is 2.01. The van der Waals surface area contributed by atoms with Crippen LogP contribution < -0.4 is 10.5 Å². The van der Waals surface area contributed by atoms with Gasteiger partial charge in [0.25, 0.3) is 5.91 Å². The van der Waals surface area contributed by atoms with E-state index in [2.05, 4.69) is 10.3 Å². The minimum Gasteiger partial charge on any atom is -0.351 e. The molecule has 0 aliphatic carbocycles. The van der Waals surface area contributed by atoms with Crippen LogP contribution in [0.15, 0.2) is 36.5 Å². The van der Waals surface area contributed by atoms with E-state index in [4.69, 9.17) is 5.14 Å². The number of pyridine rings is 1. The van der Waals surface area contributed by atoms with Gasteiger partial charge in [0.1, 0.15) is 0 Å². The van der Waals surface area contributed by atoms with Crippen molar-refractivity contribution in [3.63, 3.8) is 0 Å². The third-order valence-corrected chi connectivity index (χ3v) is 3.31. The van der Waals surface area contributed by atoms with Gasteiger partial charge in [-0.2, -0.15) is 0 Å². The van der Waals surface area contributed by atoms with Gasteiger partial charge in [0.2, 0.25) is 10.0 Å². The Labute approximate surface area is 110 Å². The molecule has 0 spiro atoms. The average molecular weight is 279 g/mol. The molecule has 0 saturated heterocycles. The molecule has 0 aliphatic rings. The molecule has 7 heteroatoms. The SMILES string of the molecule is NS(=O)(=O)CCNC(=O)c1ccc2ncccc2c1. The summed E-state index contributed by atoms with van der Waals surface area (Å²) in [4.78, 5) is 16.0. The van der Waals surface area contributed by atoms with Gasteiger partial charge in [-0.25, -0.2) is 13.6 Å². The van der Waals surface area contributed by atoms with Gasteiger partial charge in [-0.05, 0) is 24.3 Å². The van der Waals surface area contributed by atoms with Crippen molar-refractivity contribution in [2.45, 2.75) is 0 Å². The highest BCUT2D eigenvalue weighted by molar-refractivity contribution is 7.89. The number of hydrogen-bond acceptors (Lipinski definition) is 4. The summed E-state index contributed by atoms with van der Waals surface area (Å²) in [5, 5.41) is 8.20. The number of nitrogens with zero attached hydrogens (tertiary/aromatic N) is 1. The lowest BCUT2D eigenvalue weighted by Crippen LogP contribution is -2.31. The lowest BCUT2D eigenvalue weighted by atomic mass is 10.1. The summed E-state index contributed by atoms with van der Waals surface area (Å²) in [6.45, 7) is -0.0112. The van der Waals surface area contributed by atoms with Gasteiger partial charge in [0, 0.05) is 23.7 Å². The molecule has 0 fully saturated rings. The summed E-state index contributed by atoms with van der Waals surface area (Å²) < 4.78 is 21.5. The minimum absolute atomic E-state index is 0.0112. The molecule has 100 valence electrons. The average Bonchev–Trinajstić information content (AvgIpc) is 2.36. The number of aromatic nitrogens is 1. The number of nitrogens with one attached hydrogen (secondary N) is 1. The Morgan fingerprint density at radius 1 is 1.32 bits per heavy atom. The van der Waals surface area contributed by atoms with E-state index in [9.17, 15) is 13.2 Å². The Bertz CT molecular complexity index is 713. The molecule has 1 aromatic heterocycles. The van der Waals surface area contributed by atoms with Crippen molar-refractivity contribution >= 4 is 26.8 Å². The van der Waals surface area contributed by atoms with Crippen LogP contribution in [0, 0.1) is 0 Å². The van der Waals surface area contributed by atoms with E-state index in [1.165, 1.54) is 0 Å². The monoisotopic (exact) mass is 279 g/mol. The first kappa shape index (κ1) is 13.4. The maximum Gasteiger partial charge on any atom is 0.251 e. The largest absolute Gasteiger partial charge is 0.351 e. The number of amides is 1. The van der Waals surface area contributed by atoms with Crippen LogP contribution in [0.2, 0.25) is 0 Å². The molecular weight excluding hydrogens is 266 g/mol. The Kier molecular flexibility index (Phi) is 3.77. The maximum absolute atomic E-state index is 11.8. The summed E-state index contributed by atoms with van der Waals surface area (Å²) in [5.74, 6) is -0.622. The predicted molar refractivity (Wildman–Crippen MR) is 72.1 cm³/mol. The van der Waals surface area contributed by atoms with Crippen LogP contribution in [0.4, 0.5) is 0 Å². The summed E-state index contributed by atoms with van der Waals surface area (Å²) in [6, 6.07) is 8.72. The molecule has 6 nitrogen and oxygen atoms in total. The molecule has 19 heavy (non-hydrogen) atoms. The van der Waals surface area contributed by atoms with Gasteiger partial charge < -0.3 is 5.32 Å². The second-order valence-electron chi connectivity index (χ2n) is 4.03. The van der Waals surface area contributed by atoms with Crippen LogP contribution in [-0.4, -0.2) is 31.6 Å². The van der Waals surface area contributed by atoms with Crippen molar-refractivity contribution in [2.24, 2.45) is 5.14 Å². The first-order valence-electron chi connectivity index (χ1n) is 5.59. The second-order valence-corrected chi connectivity index (χ2v) is 5.77. The quantitative estimate of drug-likeness (QED) is 0.837. The van der Waals surface area contributed by atoms with Gasteiger partial charge in [-0.3, -0.25) is 9.78 Å². The van der Waals surface area contributed by atoms with E-state index < -0.39 is 10.0 Å². The molecule has 1 amide bonds. The summed E-state index contributed by atoms with van der Waals surface area (Å²) >= 11 is 0. The zero-order valence-electron chi connectivity index (χ0n) is 10.0. The van der Waals surface area contributed by atoms with Crippen LogP contribution in [0.3, 0.4) is 0 Å². The van der Waals surface area contributed by atoms with E-state index in [0.717, 1.165) is 10.9 Å². The van der Waals surface area contributed by atoms with Crippen molar-refractivity contribution in [2.75, 3.05) is 12.3 Å². The molecule has 0 saturated carbocycles. The minimum atomic E-state index is -3.56. The molecule has 0 radical (unpaired) electrons. The van der Waals surface area contributed by atoms with Crippen molar-refractivity contribution in [3.05, 3.63) is 42.1 Å². The third kappa shape index (κ3) is 3.73. The third-order valence-electron chi connectivity index (χ3n) is 2.54. The van der Waals surface area contributed by atoms with Gasteiger partial charge in [0.05, 0.1) is 11.3 Å². The van der Waals surface area contributed by atoms with Crippen LogP contribution in [0.5, 0.6) is 0 Å². The molecule has 1 heterocycles. The first-order chi connectivity index (χ1) is 8.96. The lowest BCUT2D eigenvalue weighted by Gasteiger charge is -2.05. The number of rotatable bonds is 4. The van der Waals surface area contributed by atoms with Gasteiger partial charge in [-0.1, -0.05) is 6.07 Å². The Morgan fingerprint density at radius 3 is 2.84 bits per heavy atom. The molecule has 2 rings (SSSR count). The Balaban J connectivity index is 2.09. The maximum atomic E-state index is 11.8. The van der Waals surface area contributed by atoms with Crippen molar-refractivity contribution < 1.29 is 13.2 Å². The van der Waals surface area contributed by atoms with Crippen molar-refractivity contribution in [1.29, 1.82) is 0 Å². The van der Waals surface area contributed by atoms with Gasteiger partial charge >= 0.3 is 0 Å². The van der Waals surface area contributed by atoms with E-state index in [1.54, 1.807) is 30.5 Å². The first-order valence-corrected chi connectivity index (χ1v) is 7.31. The number of carbonyl (C=O) groups excluding carboxylic acids is 1. The van der Waals surface area contributed by atoms with E-state index >= 15 is 0 Å². The van der Waals surface area contributed by atoms with Crippen molar-refractivity contribution in [1.82, 2.24) is 10.3 Å². The highest BCUT2D eigenvalue weighted by Gasteiger charge is 2.08. The van der Waals surface area contributed by atoms with Crippen LogP contribution in [-0.2, 0) is 10.0 Å². The summed E-state index contributed by atoms with van der Waals surface area (Å²) in [7, 11) is -3.56. The van der Waals surface area contributed by atoms with Gasteiger partial charge in [-0.15, -0.1) is 0 Å². The standard InChI is InChI=1S/C12H13N3O3S/c13-19(17,18)7-6-15-12(16)10-3-4-11-9(8-10)2-1-5-14-11/h1-5,8H,6-7H2,(H,15,16)(H2,13,17,18). The number of nitrogens with two attached hydrogens (primary N) is 1. The molecule has 3 N–H and O–H groups in total. The lowest BCUT2D eigenvalue weighted by molar-refractivity contribution is 0.0956. The predicted octanol–water partition coefficient (Wildman–Crippen LogP) is 0.253. The van der Waals surface area contributed by atoms with E-state index in [1.807, 2.05) is 6.07 Å². The number of carbonyl (C=O) groups is 1. The number of benzene rings is 1. The van der Waals surface area contributed by atoms with Crippen LogP contribution in [0.25, 0.3) is 10.9 Å². The number of primary sulfonamides is 1. The molecular formula is C12H13N3O3S. The second kappa shape index (κ2) is 5.33. The van der Waals surface area contributed by atoms with Crippen LogP contribution in [0.1, 0.15) is 10.4 Å². The molecule has 1 aromatic carbocycles. The van der Waals surface area contributed by atoms with E-state index in [0.29, 0.717) is 5.56 Å². The fourth-order valence-electron chi connectivity index (χ4n) is 1.63. The van der Waals surface area contributed by atoms with Crippen LogP contribution >= 0.6 is 0 Å². The molecule has 0 unspecified atom stereocenters. The molecule has 2 aromatic rings.